The van der Waals surface area contributed by atoms with Gasteiger partial charge in [-0.05, 0) is 31.5 Å². The maximum absolute atomic E-state index is 12.0. The van der Waals surface area contributed by atoms with E-state index in [1.165, 1.54) is 18.4 Å². The highest BCUT2D eigenvalue weighted by atomic mass is 32.2. The van der Waals surface area contributed by atoms with Crippen LogP contribution in [0.4, 0.5) is 5.82 Å². The lowest BCUT2D eigenvalue weighted by Crippen LogP contribution is -2.33. The zero-order valence-corrected chi connectivity index (χ0v) is 13.8. The van der Waals surface area contributed by atoms with E-state index in [-0.39, 0.29) is 11.7 Å². The maximum Gasteiger partial charge on any atom is 0.214 e. The number of aromatic nitrogens is 1. The molecule has 0 saturated carbocycles. The van der Waals surface area contributed by atoms with Gasteiger partial charge in [-0.15, -0.1) is 0 Å². The molecule has 1 aromatic rings. The van der Waals surface area contributed by atoms with Gasteiger partial charge in [-0.3, -0.25) is 0 Å². The van der Waals surface area contributed by atoms with Gasteiger partial charge < -0.3 is 10.0 Å². The first-order chi connectivity index (χ1) is 9.69. The average Bonchev–Trinajstić information content (AvgIpc) is 2.69. The molecular weight excluding hydrogens is 290 g/mol. The number of aryl methyl sites for hydroxylation is 2. The number of β-amino-alcohol motifs (C(OH)–C–C–N with tert-alkyl or cyclic N) is 1. The normalized spacial score (nSPS) is 23.0. The summed E-state index contributed by atoms with van der Waals surface area (Å²) >= 11 is 0. The van der Waals surface area contributed by atoms with Gasteiger partial charge in [-0.25, -0.2) is 17.7 Å². The number of rotatable bonds is 4. The zero-order valence-electron chi connectivity index (χ0n) is 12.9. The fourth-order valence-corrected chi connectivity index (χ4v) is 3.77. The first kappa shape index (κ1) is 16.2. The summed E-state index contributed by atoms with van der Waals surface area (Å²) in [6, 6.07) is 3.95. The SMILES string of the molecule is Cc1cc(C)nc(N2C[C@@H](CS(=O)(=O)N(C)C)[C@H](O)C2)c1. The summed E-state index contributed by atoms with van der Waals surface area (Å²) < 4.78 is 25.1. The third-order valence-electron chi connectivity index (χ3n) is 3.80. The van der Waals surface area contributed by atoms with Crippen LogP contribution in [0.5, 0.6) is 0 Å². The van der Waals surface area contributed by atoms with Gasteiger partial charge in [0, 0.05) is 38.8 Å². The van der Waals surface area contributed by atoms with Gasteiger partial charge in [0.25, 0.3) is 0 Å². The van der Waals surface area contributed by atoms with Crippen molar-refractivity contribution in [1.29, 1.82) is 0 Å². The van der Waals surface area contributed by atoms with E-state index < -0.39 is 16.1 Å². The summed E-state index contributed by atoms with van der Waals surface area (Å²) in [5.74, 6) is 0.471. The summed E-state index contributed by atoms with van der Waals surface area (Å²) in [6.45, 7) is 4.85. The van der Waals surface area contributed by atoms with Gasteiger partial charge in [-0.1, -0.05) is 0 Å². The van der Waals surface area contributed by atoms with Crippen molar-refractivity contribution in [1.82, 2.24) is 9.29 Å². The third kappa shape index (κ3) is 3.72. The van der Waals surface area contributed by atoms with Crippen molar-refractivity contribution < 1.29 is 13.5 Å². The van der Waals surface area contributed by atoms with Gasteiger partial charge in [0.1, 0.15) is 5.82 Å². The van der Waals surface area contributed by atoms with Gasteiger partial charge in [0.15, 0.2) is 0 Å². The standard InChI is InChI=1S/C14H23N3O3S/c1-10-5-11(2)15-14(6-10)17-7-12(13(18)8-17)9-21(19,20)16(3)4/h5-6,12-13,18H,7-9H2,1-4H3/t12-,13+/m0/s1. The summed E-state index contributed by atoms with van der Waals surface area (Å²) in [7, 11) is -0.283. The molecule has 1 fully saturated rings. The van der Waals surface area contributed by atoms with Crippen LogP contribution in [-0.4, -0.2) is 61.9 Å². The summed E-state index contributed by atoms with van der Waals surface area (Å²) in [4.78, 5) is 6.43. The van der Waals surface area contributed by atoms with Crippen LogP contribution in [0, 0.1) is 19.8 Å². The van der Waals surface area contributed by atoms with Crippen molar-refractivity contribution in [2.24, 2.45) is 5.92 Å². The molecule has 0 amide bonds. The lowest BCUT2D eigenvalue weighted by molar-refractivity contribution is 0.157. The molecule has 2 heterocycles. The molecule has 1 aliphatic heterocycles. The molecule has 1 saturated heterocycles. The van der Waals surface area contributed by atoms with Crippen LogP contribution in [0.3, 0.4) is 0 Å². The van der Waals surface area contributed by atoms with Crippen LogP contribution >= 0.6 is 0 Å². The van der Waals surface area contributed by atoms with Gasteiger partial charge in [-0.2, -0.15) is 0 Å². The van der Waals surface area contributed by atoms with E-state index in [1.807, 2.05) is 30.9 Å². The predicted molar refractivity (Wildman–Crippen MR) is 82.9 cm³/mol. The van der Waals surface area contributed by atoms with Crippen LogP contribution < -0.4 is 4.90 Å². The van der Waals surface area contributed by atoms with E-state index in [4.69, 9.17) is 0 Å². The van der Waals surface area contributed by atoms with E-state index in [1.54, 1.807) is 0 Å². The molecule has 0 aliphatic carbocycles. The van der Waals surface area contributed by atoms with Crippen molar-refractivity contribution in [3.63, 3.8) is 0 Å². The number of anilines is 1. The molecule has 6 nitrogen and oxygen atoms in total. The van der Waals surface area contributed by atoms with E-state index in [0.717, 1.165) is 17.1 Å². The second kappa shape index (κ2) is 5.90. The summed E-state index contributed by atoms with van der Waals surface area (Å²) in [5.41, 5.74) is 2.03. The average molecular weight is 313 g/mol. The lowest BCUT2D eigenvalue weighted by Gasteiger charge is -2.19. The molecule has 2 rings (SSSR count). The molecule has 0 spiro atoms. The molecule has 0 aromatic carbocycles. The quantitative estimate of drug-likeness (QED) is 0.870. The molecule has 1 N–H and O–H groups in total. The molecule has 1 aromatic heterocycles. The third-order valence-corrected chi connectivity index (χ3v) is 5.76. The van der Waals surface area contributed by atoms with E-state index in [2.05, 4.69) is 4.98 Å². The Bertz CT molecular complexity index is 596. The Labute approximate surface area is 126 Å². The fraction of sp³-hybridized carbons (Fsp3) is 0.643. The fourth-order valence-electron chi connectivity index (χ4n) is 2.61. The monoisotopic (exact) mass is 313 g/mol. The molecule has 0 bridgehead atoms. The van der Waals surface area contributed by atoms with Crippen molar-refractivity contribution in [3.8, 4) is 0 Å². The number of sulfonamides is 1. The minimum absolute atomic E-state index is 0.0392. The maximum atomic E-state index is 12.0. The van der Waals surface area contributed by atoms with Gasteiger partial charge >= 0.3 is 0 Å². The van der Waals surface area contributed by atoms with Crippen molar-refractivity contribution in [3.05, 3.63) is 23.4 Å². The van der Waals surface area contributed by atoms with Crippen molar-refractivity contribution in [2.75, 3.05) is 37.8 Å². The number of pyridine rings is 1. The van der Waals surface area contributed by atoms with Crippen LogP contribution in [0.1, 0.15) is 11.3 Å². The van der Waals surface area contributed by atoms with Crippen LogP contribution in [0.2, 0.25) is 0 Å². The van der Waals surface area contributed by atoms with Crippen LogP contribution in [0.25, 0.3) is 0 Å². The van der Waals surface area contributed by atoms with Crippen LogP contribution in [-0.2, 0) is 10.0 Å². The highest BCUT2D eigenvalue weighted by molar-refractivity contribution is 7.89. The second-order valence-corrected chi connectivity index (χ2v) is 8.16. The largest absolute Gasteiger partial charge is 0.391 e. The Morgan fingerprint density at radius 1 is 1.33 bits per heavy atom. The lowest BCUT2D eigenvalue weighted by atomic mass is 10.1. The highest BCUT2D eigenvalue weighted by Crippen LogP contribution is 2.25. The molecular formula is C14H23N3O3S. The Hall–Kier alpha value is -1.18. The Morgan fingerprint density at radius 3 is 2.57 bits per heavy atom. The summed E-state index contributed by atoms with van der Waals surface area (Å²) in [5, 5.41) is 10.2. The molecule has 21 heavy (non-hydrogen) atoms. The zero-order chi connectivity index (χ0) is 15.8. The highest BCUT2D eigenvalue weighted by Gasteiger charge is 2.35. The second-order valence-electron chi connectivity index (χ2n) is 5.94. The molecule has 0 unspecified atom stereocenters. The Balaban J connectivity index is 2.14. The van der Waals surface area contributed by atoms with Gasteiger partial charge in [0.2, 0.25) is 10.0 Å². The smallest absolute Gasteiger partial charge is 0.214 e. The van der Waals surface area contributed by atoms with E-state index in [0.29, 0.717) is 13.1 Å². The topological polar surface area (TPSA) is 73.7 Å². The molecule has 118 valence electrons. The minimum atomic E-state index is -3.31. The number of hydrogen-bond donors (Lipinski definition) is 1. The number of aliphatic hydroxyl groups is 1. The van der Waals surface area contributed by atoms with Crippen molar-refractivity contribution in [2.45, 2.75) is 20.0 Å². The number of aliphatic hydroxyl groups excluding tert-OH is 1. The van der Waals surface area contributed by atoms with Gasteiger partial charge in [0.05, 0.1) is 11.9 Å². The first-order valence-electron chi connectivity index (χ1n) is 6.97. The Morgan fingerprint density at radius 2 is 2.00 bits per heavy atom. The number of nitrogens with zero attached hydrogens (tertiary/aromatic N) is 3. The van der Waals surface area contributed by atoms with Crippen molar-refractivity contribution >= 4 is 15.8 Å². The van der Waals surface area contributed by atoms with Crippen LogP contribution in [0.15, 0.2) is 12.1 Å². The first-order valence-corrected chi connectivity index (χ1v) is 8.58. The van der Waals surface area contributed by atoms with E-state index in [9.17, 15) is 13.5 Å². The number of hydrogen-bond acceptors (Lipinski definition) is 5. The summed E-state index contributed by atoms with van der Waals surface area (Å²) in [6.07, 6.45) is -0.651. The predicted octanol–water partition coefficient (Wildman–Crippen LogP) is 0.387. The Kier molecular flexibility index (Phi) is 4.55. The molecule has 0 radical (unpaired) electrons. The van der Waals surface area contributed by atoms with E-state index >= 15 is 0 Å². The molecule has 1 aliphatic rings. The molecule has 7 heteroatoms. The minimum Gasteiger partial charge on any atom is -0.391 e. The molecule has 2 atom stereocenters.